The van der Waals surface area contributed by atoms with Gasteiger partial charge in [-0.1, -0.05) is 0 Å². The van der Waals surface area contributed by atoms with Crippen LogP contribution in [0.2, 0.25) is 0 Å². The summed E-state index contributed by atoms with van der Waals surface area (Å²) in [5, 5.41) is 2.43. The second-order valence-corrected chi connectivity index (χ2v) is 10.8. The number of pyridine rings is 1. The summed E-state index contributed by atoms with van der Waals surface area (Å²) in [6, 6.07) is 8.33. The number of amidine groups is 1. The van der Waals surface area contributed by atoms with Crippen molar-refractivity contribution in [2.24, 2.45) is 27.7 Å². The smallest absolute Gasteiger partial charge is 0.381 e. The van der Waals surface area contributed by atoms with Crippen LogP contribution in [-0.2, 0) is 10.9 Å². The predicted molar refractivity (Wildman–Crippen MR) is 147 cm³/mol. The molecule has 3 atom stereocenters. The number of halogens is 3. The van der Waals surface area contributed by atoms with Crippen molar-refractivity contribution in [2.45, 2.75) is 25.4 Å². The fourth-order valence-electron chi connectivity index (χ4n) is 5.88. The maximum Gasteiger partial charge on any atom is 0.416 e. The first-order valence-electron chi connectivity index (χ1n) is 13.7. The van der Waals surface area contributed by atoms with Gasteiger partial charge in [-0.25, -0.2) is 4.98 Å². The largest absolute Gasteiger partial charge is 0.416 e. The molecule has 6 rings (SSSR count). The van der Waals surface area contributed by atoms with Gasteiger partial charge in [0.25, 0.3) is 11.7 Å². The number of carbonyl (C=O) groups excluding carboxylic acids is 1. The third-order valence-electron chi connectivity index (χ3n) is 7.99. The van der Waals surface area contributed by atoms with Crippen molar-refractivity contribution in [2.75, 3.05) is 38.2 Å². The second kappa shape index (κ2) is 10.9. The number of quaternary nitrogens is 1. The Morgan fingerprint density at radius 2 is 2.02 bits per heavy atom. The number of rotatable bonds is 6. The van der Waals surface area contributed by atoms with Gasteiger partial charge in [0.2, 0.25) is 5.70 Å². The van der Waals surface area contributed by atoms with Crippen molar-refractivity contribution < 1.29 is 27.3 Å². The van der Waals surface area contributed by atoms with E-state index in [1.807, 2.05) is 0 Å². The lowest BCUT2D eigenvalue weighted by Crippen LogP contribution is -2.53. The van der Waals surface area contributed by atoms with Crippen molar-refractivity contribution in [1.29, 1.82) is 0 Å². The highest BCUT2D eigenvalue weighted by Crippen LogP contribution is 2.38. The maximum atomic E-state index is 13.0. The number of hydrogen-bond acceptors (Lipinski definition) is 7. The zero-order chi connectivity index (χ0) is 28.6. The average molecular weight is 567 g/mol. The zero-order valence-corrected chi connectivity index (χ0v) is 22.3. The lowest BCUT2D eigenvalue weighted by molar-refractivity contribution is -0.750. The monoisotopic (exact) mass is 566 g/mol. The molecule has 4 aliphatic rings. The molecule has 0 spiro atoms. The molecule has 4 aliphatic heterocycles. The van der Waals surface area contributed by atoms with Crippen LogP contribution in [0.15, 0.2) is 76.4 Å². The highest BCUT2D eigenvalue weighted by molar-refractivity contribution is 6.05. The predicted octanol–water partition coefficient (Wildman–Crippen LogP) is 4.32. The van der Waals surface area contributed by atoms with E-state index in [-0.39, 0.29) is 21.9 Å². The third kappa shape index (κ3) is 5.60. The number of likely N-dealkylation sites (tertiary alicyclic amines) is 1. The number of hydrogen-bond donors (Lipinski definition) is 2. The van der Waals surface area contributed by atoms with E-state index in [2.05, 4.69) is 20.2 Å². The van der Waals surface area contributed by atoms with Crippen molar-refractivity contribution in [1.82, 2.24) is 9.88 Å². The lowest BCUT2D eigenvalue weighted by atomic mass is 9.92. The number of nitrogens with one attached hydrogen (secondary N) is 1. The van der Waals surface area contributed by atoms with E-state index >= 15 is 0 Å². The van der Waals surface area contributed by atoms with Crippen LogP contribution < -0.4 is 11.2 Å². The van der Waals surface area contributed by atoms with E-state index in [1.54, 1.807) is 42.9 Å². The first kappa shape index (κ1) is 27.5. The molecule has 1 aromatic carbocycles. The molecule has 2 aromatic rings. The number of fused-ring (bicyclic) bond motifs is 1. The SMILES string of the molecule is N[N+]12C=CN=CC1=C([C@@H]1CCCN(CC3CCOC3)C1)N=C2c1ccc(C(=O)Nc2cc(C(F)(F)F)ccn2)cc1. The van der Waals surface area contributed by atoms with E-state index in [0.717, 1.165) is 87.4 Å². The Balaban J connectivity index is 1.21. The highest BCUT2D eigenvalue weighted by Gasteiger charge is 2.46. The number of allylic oxidation sites excluding steroid dienone is 1. The van der Waals surface area contributed by atoms with Crippen molar-refractivity contribution in [3.63, 3.8) is 0 Å². The van der Waals surface area contributed by atoms with Crippen molar-refractivity contribution >= 4 is 23.8 Å². The Bertz CT molecular complexity index is 1450. The number of ether oxygens (including phenoxy) is 1. The van der Waals surface area contributed by atoms with Gasteiger partial charge < -0.3 is 15.0 Å². The summed E-state index contributed by atoms with van der Waals surface area (Å²) in [5.74, 6) is 7.55. The highest BCUT2D eigenvalue weighted by atomic mass is 19.4. The van der Waals surface area contributed by atoms with Crippen LogP contribution in [0.1, 0.15) is 40.7 Å². The Morgan fingerprint density at radius 1 is 1.20 bits per heavy atom. The minimum Gasteiger partial charge on any atom is -0.381 e. The van der Waals surface area contributed by atoms with Crippen molar-refractivity contribution in [3.05, 3.63) is 83.1 Å². The summed E-state index contributed by atoms with van der Waals surface area (Å²) in [7, 11) is 0. The summed E-state index contributed by atoms with van der Waals surface area (Å²) in [4.78, 5) is 28.5. The molecule has 0 saturated carbocycles. The van der Waals surface area contributed by atoms with E-state index in [1.165, 1.54) is 0 Å². The van der Waals surface area contributed by atoms with Gasteiger partial charge in [-0.15, -0.1) is 4.59 Å². The summed E-state index contributed by atoms with van der Waals surface area (Å²) in [6.07, 6.45) is 4.87. The van der Waals surface area contributed by atoms with E-state index in [0.29, 0.717) is 11.8 Å². The summed E-state index contributed by atoms with van der Waals surface area (Å²) < 4.78 is 44.5. The van der Waals surface area contributed by atoms with Gasteiger partial charge in [-0.05, 0) is 68.1 Å². The molecular weight excluding hydrogens is 535 g/mol. The van der Waals surface area contributed by atoms with Gasteiger partial charge in [0, 0.05) is 37.4 Å². The van der Waals surface area contributed by atoms with E-state index in [9.17, 15) is 18.0 Å². The molecule has 2 fully saturated rings. The Hall–Kier alpha value is -3.71. The Labute approximate surface area is 235 Å². The van der Waals surface area contributed by atoms with Gasteiger partial charge in [0.1, 0.15) is 17.7 Å². The van der Waals surface area contributed by atoms with Crippen LogP contribution in [0.4, 0.5) is 19.0 Å². The first-order chi connectivity index (χ1) is 19.7. The molecule has 5 heterocycles. The summed E-state index contributed by atoms with van der Waals surface area (Å²) >= 11 is 0. The zero-order valence-electron chi connectivity index (χ0n) is 22.3. The second-order valence-electron chi connectivity index (χ2n) is 10.8. The number of nitrogens with two attached hydrogens (primary N) is 1. The molecule has 0 aliphatic carbocycles. The quantitative estimate of drug-likeness (QED) is 0.400. The summed E-state index contributed by atoms with van der Waals surface area (Å²) in [6.45, 7) is 4.63. The number of piperidine rings is 1. The fraction of sp³-hybridized carbons (Fsp3) is 0.379. The maximum absolute atomic E-state index is 13.0. The van der Waals surface area contributed by atoms with Crippen LogP contribution in [-0.4, -0.2) is 65.3 Å². The Kier molecular flexibility index (Phi) is 7.32. The average Bonchev–Trinajstić information content (AvgIpc) is 3.58. The molecule has 214 valence electrons. The standard InChI is InChI=1S/C29H30F3N7O2/c30-29(31,32)23-7-9-35-25(14-23)36-28(40)21-5-3-20(4-6-21)27-37-26(24-15-34-10-12-39(24,27)33)22-2-1-11-38(17-22)16-19-8-13-41-18-19/h3-7,9-10,12,14-15,19,22H,1-2,8,11,13,16-18,33H2/p+1/t19?,22-,39?/m1/s1. The number of alkyl halides is 3. The van der Waals surface area contributed by atoms with Crippen LogP contribution in [0.25, 0.3) is 0 Å². The van der Waals surface area contributed by atoms with Crippen LogP contribution >= 0.6 is 0 Å². The third-order valence-corrected chi connectivity index (χ3v) is 7.99. The summed E-state index contributed by atoms with van der Waals surface area (Å²) in [5.41, 5.74) is 1.86. The van der Waals surface area contributed by atoms with Gasteiger partial charge in [-0.2, -0.15) is 24.0 Å². The number of nitrogens with zero attached hydrogens (tertiary/aromatic N) is 5. The number of anilines is 1. The molecule has 0 radical (unpaired) electrons. The molecule has 1 aromatic heterocycles. The van der Waals surface area contributed by atoms with Gasteiger partial charge in [0.05, 0.1) is 30.1 Å². The normalized spacial score (nSPS) is 26.3. The first-order valence-corrected chi connectivity index (χ1v) is 13.7. The van der Waals surface area contributed by atoms with Crippen LogP contribution in [0, 0.1) is 11.8 Å². The Morgan fingerprint density at radius 3 is 2.78 bits per heavy atom. The molecule has 9 nitrogen and oxygen atoms in total. The van der Waals surface area contributed by atoms with Gasteiger partial charge >= 0.3 is 6.18 Å². The number of benzene rings is 1. The fourth-order valence-corrected chi connectivity index (χ4v) is 5.88. The number of aliphatic imine (C=N–C) groups is 2. The molecule has 12 heteroatoms. The van der Waals surface area contributed by atoms with Gasteiger partial charge in [0.15, 0.2) is 0 Å². The van der Waals surface area contributed by atoms with Crippen LogP contribution in [0.5, 0.6) is 0 Å². The number of aromatic nitrogens is 1. The lowest BCUT2D eigenvalue weighted by Gasteiger charge is -2.34. The minimum absolute atomic E-state index is 0.120. The number of carbonyl (C=O) groups is 1. The molecule has 41 heavy (non-hydrogen) atoms. The molecule has 2 saturated heterocycles. The molecule has 3 N–H and O–H groups in total. The molecule has 0 bridgehead atoms. The van der Waals surface area contributed by atoms with Crippen LogP contribution in [0.3, 0.4) is 0 Å². The minimum atomic E-state index is -4.53. The van der Waals surface area contributed by atoms with E-state index < -0.39 is 17.6 Å². The number of amides is 1. The van der Waals surface area contributed by atoms with Gasteiger partial charge in [-0.3, -0.25) is 9.79 Å². The molecule has 1 amide bonds. The molecular formula is C29H31F3N7O2+. The molecule has 2 unspecified atom stereocenters. The van der Waals surface area contributed by atoms with Crippen molar-refractivity contribution in [3.8, 4) is 0 Å². The van der Waals surface area contributed by atoms with E-state index in [4.69, 9.17) is 15.6 Å². The topological polar surface area (TPSA) is 105 Å².